The lowest BCUT2D eigenvalue weighted by atomic mass is 9.96. The number of nitrogens with one attached hydrogen (secondary N) is 2. The van der Waals surface area contributed by atoms with Crippen LogP contribution >= 0.6 is 35.3 Å². The molecule has 1 aromatic carbocycles. The van der Waals surface area contributed by atoms with E-state index in [9.17, 15) is 0 Å². The van der Waals surface area contributed by atoms with Gasteiger partial charge in [0.25, 0.3) is 0 Å². The van der Waals surface area contributed by atoms with E-state index in [2.05, 4.69) is 46.5 Å². The van der Waals surface area contributed by atoms with Crippen LogP contribution in [0.5, 0.6) is 5.75 Å². The van der Waals surface area contributed by atoms with Crippen molar-refractivity contribution in [1.82, 2.24) is 20.5 Å². The van der Waals surface area contributed by atoms with Gasteiger partial charge in [-0.3, -0.25) is 4.90 Å². The van der Waals surface area contributed by atoms with Crippen LogP contribution in [-0.4, -0.2) is 49.1 Å². The summed E-state index contributed by atoms with van der Waals surface area (Å²) in [5.41, 5.74) is 1.35. The van der Waals surface area contributed by atoms with Crippen molar-refractivity contribution >= 4 is 41.3 Å². The van der Waals surface area contributed by atoms with Crippen LogP contribution in [0.1, 0.15) is 42.1 Å². The van der Waals surface area contributed by atoms with Crippen molar-refractivity contribution in [3.05, 3.63) is 45.9 Å². The zero-order valence-electron chi connectivity index (χ0n) is 18.9. The van der Waals surface area contributed by atoms with Crippen molar-refractivity contribution in [2.24, 2.45) is 10.9 Å². The molecule has 2 heterocycles. The van der Waals surface area contributed by atoms with Crippen molar-refractivity contribution in [3.8, 4) is 5.75 Å². The molecule has 0 aliphatic carbocycles. The molecule has 6 nitrogen and oxygen atoms in total. The summed E-state index contributed by atoms with van der Waals surface area (Å²) in [5.74, 6) is 2.50. The SMILES string of the molecule is CCNC(=NCc1ncc(CC)s1)NCC1CCN(Cc2ccc(OC)cc2)CC1.I. The Hall–Kier alpha value is -1.39. The van der Waals surface area contributed by atoms with E-state index < -0.39 is 0 Å². The van der Waals surface area contributed by atoms with Gasteiger partial charge in [-0.1, -0.05) is 19.1 Å². The minimum absolute atomic E-state index is 0. The van der Waals surface area contributed by atoms with Crippen molar-refractivity contribution in [1.29, 1.82) is 0 Å². The molecule has 1 aromatic heterocycles. The highest BCUT2D eigenvalue weighted by Crippen LogP contribution is 2.20. The predicted molar refractivity (Wildman–Crippen MR) is 141 cm³/mol. The number of piperidine rings is 1. The summed E-state index contributed by atoms with van der Waals surface area (Å²) in [6, 6.07) is 8.42. The van der Waals surface area contributed by atoms with Crippen LogP contribution in [0, 0.1) is 5.92 Å². The van der Waals surface area contributed by atoms with E-state index in [4.69, 9.17) is 9.73 Å². The highest BCUT2D eigenvalue weighted by molar-refractivity contribution is 14.0. The second-order valence-electron chi connectivity index (χ2n) is 7.72. The highest BCUT2D eigenvalue weighted by Gasteiger charge is 2.19. The number of hydrogen-bond donors (Lipinski definition) is 2. The van der Waals surface area contributed by atoms with Gasteiger partial charge in [0.05, 0.1) is 13.7 Å². The normalized spacial score (nSPS) is 15.4. The van der Waals surface area contributed by atoms with Gasteiger partial charge in [0.1, 0.15) is 10.8 Å². The van der Waals surface area contributed by atoms with E-state index in [0.29, 0.717) is 12.5 Å². The van der Waals surface area contributed by atoms with Crippen LogP contribution in [0.25, 0.3) is 0 Å². The second-order valence-corrected chi connectivity index (χ2v) is 8.92. The van der Waals surface area contributed by atoms with Crippen LogP contribution in [0.3, 0.4) is 0 Å². The first-order valence-electron chi connectivity index (χ1n) is 11.0. The number of rotatable bonds is 9. The molecule has 2 aromatic rings. The van der Waals surface area contributed by atoms with Crippen LogP contribution in [-0.2, 0) is 19.5 Å². The molecule has 1 fully saturated rings. The third-order valence-electron chi connectivity index (χ3n) is 5.50. The predicted octanol–water partition coefficient (Wildman–Crippen LogP) is 4.30. The summed E-state index contributed by atoms with van der Waals surface area (Å²) in [6.07, 6.45) is 5.44. The van der Waals surface area contributed by atoms with Crippen LogP contribution in [0.4, 0.5) is 0 Å². The summed E-state index contributed by atoms with van der Waals surface area (Å²) < 4.78 is 5.25. The molecular weight excluding hydrogens is 521 g/mol. The zero-order valence-corrected chi connectivity index (χ0v) is 22.0. The molecule has 31 heavy (non-hydrogen) atoms. The first kappa shape index (κ1) is 25.9. The van der Waals surface area contributed by atoms with Crippen molar-refractivity contribution < 1.29 is 4.74 Å². The van der Waals surface area contributed by atoms with E-state index in [1.807, 2.05) is 18.3 Å². The molecule has 0 atom stereocenters. The number of aliphatic imine (C=N–C) groups is 1. The van der Waals surface area contributed by atoms with Gasteiger partial charge in [0.2, 0.25) is 0 Å². The van der Waals surface area contributed by atoms with Crippen molar-refractivity contribution in [3.63, 3.8) is 0 Å². The van der Waals surface area contributed by atoms with E-state index in [1.165, 1.54) is 23.3 Å². The Morgan fingerprint density at radius 2 is 1.94 bits per heavy atom. The molecule has 2 N–H and O–H groups in total. The molecule has 8 heteroatoms. The van der Waals surface area contributed by atoms with Gasteiger partial charge in [-0.2, -0.15) is 0 Å². The number of aromatic nitrogens is 1. The molecule has 1 saturated heterocycles. The van der Waals surface area contributed by atoms with Crippen LogP contribution in [0.2, 0.25) is 0 Å². The molecule has 3 rings (SSSR count). The Balaban J connectivity index is 0.00000341. The molecule has 0 saturated carbocycles. The lowest BCUT2D eigenvalue weighted by Gasteiger charge is -2.32. The maximum Gasteiger partial charge on any atom is 0.191 e. The molecule has 0 bridgehead atoms. The molecule has 172 valence electrons. The number of methoxy groups -OCH3 is 1. The number of benzene rings is 1. The number of guanidine groups is 1. The monoisotopic (exact) mass is 557 g/mol. The maximum absolute atomic E-state index is 5.25. The number of likely N-dealkylation sites (tertiary alicyclic amines) is 1. The van der Waals surface area contributed by atoms with Gasteiger partial charge in [-0.15, -0.1) is 35.3 Å². The van der Waals surface area contributed by atoms with Gasteiger partial charge >= 0.3 is 0 Å². The lowest BCUT2D eigenvalue weighted by molar-refractivity contribution is 0.178. The van der Waals surface area contributed by atoms with Crippen molar-refractivity contribution in [2.45, 2.75) is 46.2 Å². The fraction of sp³-hybridized carbons (Fsp3) is 0.565. The lowest BCUT2D eigenvalue weighted by Crippen LogP contribution is -2.42. The van der Waals surface area contributed by atoms with Gasteiger partial charge in [-0.05, 0) is 62.9 Å². The summed E-state index contributed by atoms with van der Waals surface area (Å²) in [6.45, 7) is 10.0. The number of nitrogens with zero attached hydrogens (tertiary/aromatic N) is 3. The zero-order chi connectivity index (χ0) is 21.2. The second kappa shape index (κ2) is 13.9. The summed E-state index contributed by atoms with van der Waals surface area (Å²) in [5, 5.41) is 7.98. The third kappa shape index (κ3) is 8.57. The summed E-state index contributed by atoms with van der Waals surface area (Å²) in [4.78, 5) is 13.1. The highest BCUT2D eigenvalue weighted by atomic mass is 127. The molecule has 0 unspecified atom stereocenters. The van der Waals surface area contributed by atoms with Crippen LogP contribution < -0.4 is 15.4 Å². The summed E-state index contributed by atoms with van der Waals surface area (Å²) >= 11 is 1.76. The van der Waals surface area contributed by atoms with Crippen molar-refractivity contribution in [2.75, 3.05) is 33.3 Å². The molecule has 0 amide bonds. The largest absolute Gasteiger partial charge is 0.497 e. The number of aryl methyl sites for hydroxylation is 1. The van der Waals surface area contributed by atoms with Gasteiger partial charge in [0.15, 0.2) is 5.96 Å². The minimum atomic E-state index is 0. The smallest absolute Gasteiger partial charge is 0.191 e. The number of halogens is 1. The average Bonchev–Trinajstić information content (AvgIpc) is 3.25. The molecule has 1 aliphatic rings. The number of ether oxygens (including phenoxy) is 1. The molecular formula is C23H36IN5OS. The quantitative estimate of drug-likeness (QED) is 0.274. The molecule has 0 radical (unpaired) electrons. The Bertz CT molecular complexity index is 788. The Morgan fingerprint density at radius 1 is 1.19 bits per heavy atom. The van der Waals surface area contributed by atoms with E-state index in [-0.39, 0.29) is 24.0 Å². The van der Waals surface area contributed by atoms with Gasteiger partial charge in [0, 0.05) is 30.7 Å². The maximum atomic E-state index is 5.25. The van der Waals surface area contributed by atoms with Gasteiger partial charge in [-0.25, -0.2) is 9.98 Å². The minimum Gasteiger partial charge on any atom is -0.497 e. The number of hydrogen-bond acceptors (Lipinski definition) is 5. The fourth-order valence-electron chi connectivity index (χ4n) is 3.65. The Labute approximate surface area is 207 Å². The Kier molecular flexibility index (Phi) is 11.6. The average molecular weight is 558 g/mol. The topological polar surface area (TPSA) is 61.8 Å². The van der Waals surface area contributed by atoms with Crippen LogP contribution in [0.15, 0.2) is 35.5 Å². The fourth-order valence-corrected chi connectivity index (χ4v) is 4.44. The van der Waals surface area contributed by atoms with E-state index in [1.54, 1.807) is 18.4 Å². The third-order valence-corrected chi connectivity index (χ3v) is 6.62. The van der Waals surface area contributed by atoms with Gasteiger partial charge < -0.3 is 15.4 Å². The first-order valence-corrected chi connectivity index (χ1v) is 11.8. The molecule has 1 aliphatic heterocycles. The summed E-state index contributed by atoms with van der Waals surface area (Å²) in [7, 11) is 1.71. The Morgan fingerprint density at radius 3 is 2.55 bits per heavy atom. The standard InChI is InChI=1S/C23H35N5OS.HI/c1-4-21-15-25-22(30-21)16-27-23(24-5-2)26-14-18-10-12-28(13-11-18)17-19-6-8-20(29-3)9-7-19;/h6-9,15,18H,4-5,10-14,16-17H2,1-3H3,(H2,24,26,27);1H. The molecule has 0 spiro atoms. The first-order chi connectivity index (χ1) is 14.7. The van der Waals surface area contributed by atoms with E-state index >= 15 is 0 Å². The van der Waals surface area contributed by atoms with E-state index in [0.717, 1.165) is 55.9 Å². The number of thiazole rings is 1.